The van der Waals surface area contributed by atoms with Crippen LogP contribution in [0.3, 0.4) is 0 Å². The Balaban J connectivity index is 1.57. The van der Waals surface area contributed by atoms with Crippen molar-refractivity contribution in [2.24, 2.45) is 11.3 Å². The monoisotopic (exact) mass is 262 g/mol. The first-order valence-electron chi connectivity index (χ1n) is 7.18. The van der Waals surface area contributed by atoms with Crippen LogP contribution in [-0.4, -0.2) is 19.0 Å². The van der Waals surface area contributed by atoms with Crippen molar-refractivity contribution in [3.63, 3.8) is 0 Å². The van der Waals surface area contributed by atoms with Crippen LogP contribution in [0.5, 0.6) is 0 Å². The maximum atomic E-state index is 12.3. The Kier molecular flexibility index (Phi) is 3.13. The van der Waals surface area contributed by atoms with E-state index in [0.717, 1.165) is 43.9 Å². The summed E-state index contributed by atoms with van der Waals surface area (Å²) in [5, 5.41) is 6.45. The Morgan fingerprint density at radius 3 is 2.84 bits per heavy atom. The summed E-state index contributed by atoms with van der Waals surface area (Å²) in [6.07, 6.45) is 3.34. The maximum Gasteiger partial charge on any atom is 0.224 e. The van der Waals surface area contributed by atoms with Gasteiger partial charge in [0.05, 0.1) is 6.04 Å². The molecule has 3 rings (SSSR count). The minimum Gasteiger partial charge on any atom is -0.464 e. The van der Waals surface area contributed by atoms with E-state index in [-0.39, 0.29) is 17.9 Å². The number of piperidine rings is 1. The molecular weight excluding hydrogens is 240 g/mol. The second kappa shape index (κ2) is 4.67. The Labute approximate surface area is 113 Å². The Hall–Kier alpha value is -1.29. The molecular formula is C15H22N2O2. The molecule has 4 heteroatoms. The van der Waals surface area contributed by atoms with Crippen LogP contribution in [0.1, 0.15) is 43.7 Å². The van der Waals surface area contributed by atoms with Gasteiger partial charge in [-0.3, -0.25) is 4.79 Å². The maximum absolute atomic E-state index is 12.3. The lowest BCUT2D eigenvalue weighted by Crippen LogP contribution is -2.34. The lowest BCUT2D eigenvalue weighted by molar-refractivity contribution is -0.124. The third kappa shape index (κ3) is 2.41. The third-order valence-corrected chi connectivity index (χ3v) is 4.65. The van der Waals surface area contributed by atoms with Crippen LogP contribution in [0.2, 0.25) is 0 Å². The molecule has 19 heavy (non-hydrogen) atoms. The number of amides is 1. The van der Waals surface area contributed by atoms with Gasteiger partial charge >= 0.3 is 0 Å². The molecule has 2 fully saturated rings. The molecule has 1 aromatic rings. The van der Waals surface area contributed by atoms with Gasteiger partial charge in [0.1, 0.15) is 11.5 Å². The largest absolute Gasteiger partial charge is 0.464 e. The summed E-state index contributed by atoms with van der Waals surface area (Å²) in [5.41, 5.74) is 0.300. The van der Waals surface area contributed by atoms with E-state index in [2.05, 4.69) is 10.6 Å². The zero-order chi connectivity index (χ0) is 13.5. The van der Waals surface area contributed by atoms with Crippen molar-refractivity contribution in [1.29, 1.82) is 0 Å². The van der Waals surface area contributed by atoms with Crippen molar-refractivity contribution in [2.75, 3.05) is 13.1 Å². The van der Waals surface area contributed by atoms with Crippen molar-refractivity contribution >= 4 is 5.91 Å². The highest BCUT2D eigenvalue weighted by atomic mass is 16.3. The lowest BCUT2D eigenvalue weighted by atomic mass is 9.91. The van der Waals surface area contributed by atoms with E-state index in [1.807, 2.05) is 26.0 Å². The van der Waals surface area contributed by atoms with Crippen LogP contribution in [0.4, 0.5) is 0 Å². The summed E-state index contributed by atoms with van der Waals surface area (Å²) in [5.74, 6) is 2.14. The van der Waals surface area contributed by atoms with Gasteiger partial charge in [-0.2, -0.15) is 0 Å². The van der Waals surface area contributed by atoms with Crippen molar-refractivity contribution in [3.05, 3.63) is 23.7 Å². The van der Waals surface area contributed by atoms with Gasteiger partial charge in [-0.25, -0.2) is 0 Å². The van der Waals surface area contributed by atoms with Gasteiger partial charge < -0.3 is 15.1 Å². The highest BCUT2D eigenvalue weighted by Crippen LogP contribution is 2.58. The number of rotatable bonds is 3. The smallest absolute Gasteiger partial charge is 0.224 e. The minimum atomic E-state index is -0.0411. The molecule has 104 valence electrons. The number of carbonyl (C=O) groups excluding carboxylic acids is 1. The van der Waals surface area contributed by atoms with Crippen LogP contribution in [0.25, 0.3) is 0 Å². The average Bonchev–Trinajstić information content (AvgIpc) is 2.89. The molecule has 0 radical (unpaired) electrons. The summed E-state index contributed by atoms with van der Waals surface area (Å²) in [7, 11) is 0. The summed E-state index contributed by atoms with van der Waals surface area (Å²) >= 11 is 0. The molecule has 2 heterocycles. The Morgan fingerprint density at radius 2 is 2.21 bits per heavy atom. The third-order valence-electron chi connectivity index (χ3n) is 4.65. The fourth-order valence-corrected chi connectivity index (χ4v) is 3.27. The molecule has 1 aromatic heterocycles. The predicted molar refractivity (Wildman–Crippen MR) is 72.6 cm³/mol. The number of furan rings is 1. The first-order valence-corrected chi connectivity index (χ1v) is 7.18. The summed E-state index contributed by atoms with van der Waals surface area (Å²) < 4.78 is 5.56. The summed E-state index contributed by atoms with van der Waals surface area (Å²) in [4.78, 5) is 12.3. The molecule has 1 saturated heterocycles. The summed E-state index contributed by atoms with van der Waals surface area (Å²) in [6, 6.07) is 3.83. The first-order chi connectivity index (χ1) is 9.11. The van der Waals surface area contributed by atoms with E-state index in [0.29, 0.717) is 5.41 Å². The molecule has 1 spiro atoms. The van der Waals surface area contributed by atoms with E-state index in [1.165, 1.54) is 0 Å². The van der Waals surface area contributed by atoms with Crippen LogP contribution in [0.15, 0.2) is 16.5 Å². The standard InChI is InChI=1S/C15H22N2O2/c1-10-3-4-13(19-10)11(2)17-14(18)12-9-15(12)5-7-16-8-6-15/h3-4,11-12,16H,5-9H2,1-2H3,(H,17,18). The van der Waals surface area contributed by atoms with Crippen molar-refractivity contribution in [3.8, 4) is 0 Å². The molecule has 2 unspecified atom stereocenters. The fraction of sp³-hybridized carbons (Fsp3) is 0.667. The molecule has 2 atom stereocenters. The predicted octanol–water partition coefficient (Wildman–Crippen LogP) is 2.15. The molecule has 1 aliphatic heterocycles. The quantitative estimate of drug-likeness (QED) is 0.877. The van der Waals surface area contributed by atoms with Gasteiger partial charge in [0.2, 0.25) is 5.91 Å². The van der Waals surface area contributed by atoms with Crippen molar-refractivity contribution < 1.29 is 9.21 Å². The van der Waals surface area contributed by atoms with Gasteiger partial charge in [0, 0.05) is 5.92 Å². The van der Waals surface area contributed by atoms with Crippen LogP contribution >= 0.6 is 0 Å². The van der Waals surface area contributed by atoms with Gasteiger partial charge in [-0.15, -0.1) is 0 Å². The van der Waals surface area contributed by atoms with Gasteiger partial charge in [-0.1, -0.05) is 0 Å². The van der Waals surface area contributed by atoms with Gasteiger partial charge in [0.15, 0.2) is 0 Å². The fourth-order valence-electron chi connectivity index (χ4n) is 3.27. The molecule has 2 aliphatic rings. The molecule has 0 bridgehead atoms. The van der Waals surface area contributed by atoms with E-state index in [9.17, 15) is 4.79 Å². The molecule has 1 amide bonds. The number of hydrogen-bond donors (Lipinski definition) is 2. The number of aryl methyl sites for hydroxylation is 1. The van der Waals surface area contributed by atoms with E-state index in [1.54, 1.807) is 0 Å². The molecule has 2 N–H and O–H groups in total. The van der Waals surface area contributed by atoms with Crippen LogP contribution in [-0.2, 0) is 4.79 Å². The topological polar surface area (TPSA) is 54.3 Å². The van der Waals surface area contributed by atoms with E-state index < -0.39 is 0 Å². The molecule has 0 aromatic carbocycles. The van der Waals surface area contributed by atoms with Crippen LogP contribution in [0, 0.1) is 18.3 Å². The lowest BCUT2D eigenvalue weighted by Gasteiger charge is -2.23. The highest BCUT2D eigenvalue weighted by molar-refractivity contribution is 5.82. The normalized spacial score (nSPS) is 26.1. The highest BCUT2D eigenvalue weighted by Gasteiger charge is 2.57. The zero-order valence-corrected chi connectivity index (χ0v) is 11.7. The van der Waals surface area contributed by atoms with Crippen LogP contribution < -0.4 is 10.6 Å². The Morgan fingerprint density at radius 1 is 1.47 bits per heavy atom. The van der Waals surface area contributed by atoms with Gasteiger partial charge in [0.25, 0.3) is 0 Å². The number of carbonyl (C=O) groups is 1. The molecule has 1 aliphatic carbocycles. The summed E-state index contributed by atoms with van der Waals surface area (Å²) in [6.45, 7) is 6.00. The van der Waals surface area contributed by atoms with E-state index >= 15 is 0 Å². The Bertz CT molecular complexity index is 474. The number of nitrogens with one attached hydrogen (secondary N) is 2. The SMILES string of the molecule is Cc1ccc(C(C)NC(=O)C2CC23CCNCC3)o1. The average molecular weight is 262 g/mol. The molecule has 4 nitrogen and oxygen atoms in total. The zero-order valence-electron chi connectivity index (χ0n) is 11.7. The first kappa shape index (κ1) is 12.7. The second-order valence-electron chi connectivity index (χ2n) is 6.05. The van der Waals surface area contributed by atoms with E-state index in [4.69, 9.17) is 4.42 Å². The van der Waals surface area contributed by atoms with Gasteiger partial charge in [-0.05, 0) is 63.7 Å². The second-order valence-corrected chi connectivity index (χ2v) is 6.05. The number of hydrogen-bond acceptors (Lipinski definition) is 3. The molecule has 1 saturated carbocycles. The van der Waals surface area contributed by atoms with Crippen molar-refractivity contribution in [1.82, 2.24) is 10.6 Å². The van der Waals surface area contributed by atoms with Crippen molar-refractivity contribution in [2.45, 2.75) is 39.2 Å². The minimum absolute atomic E-state index is 0.0411.